The fourth-order valence-corrected chi connectivity index (χ4v) is 4.60. The van der Waals surface area contributed by atoms with Crippen LogP contribution in [0.25, 0.3) is 0 Å². The third-order valence-electron chi connectivity index (χ3n) is 4.84. The maximum atomic E-state index is 13.9. The normalized spacial score (nSPS) is 17.1. The number of nitrogens with zero attached hydrogens (tertiary/aromatic N) is 2. The molecule has 1 fully saturated rings. The highest BCUT2D eigenvalue weighted by Gasteiger charge is 2.33. The van der Waals surface area contributed by atoms with Crippen LogP contribution in [0.15, 0.2) is 47.4 Å². The van der Waals surface area contributed by atoms with Crippen molar-refractivity contribution < 1.29 is 26.4 Å². The summed E-state index contributed by atoms with van der Waals surface area (Å²) in [5, 5.41) is 2.51. The Kier molecular flexibility index (Phi) is 6.25. The van der Waals surface area contributed by atoms with Crippen LogP contribution in [-0.4, -0.2) is 55.8 Å². The molecule has 6 nitrogen and oxygen atoms in total. The Morgan fingerprint density at radius 3 is 2.24 bits per heavy atom. The first-order valence-corrected chi connectivity index (χ1v) is 10.4. The minimum absolute atomic E-state index is 0.0967. The topological polar surface area (TPSA) is 69.7 Å². The van der Waals surface area contributed by atoms with Crippen molar-refractivity contribution >= 4 is 21.6 Å². The first-order valence-electron chi connectivity index (χ1n) is 8.95. The van der Waals surface area contributed by atoms with Crippen molar-refractivity contribution in [2.75, 3.05) is 31.5 Å². The highest BCUT2D eigenvalue weighted by Crippen LogP contribution is 2.21. The van der Waals surface area contributed by atoms with Gasteiger partial charge in [-0.1, -0.05) is 12.1 Å². The molecule has 156 valence electrons. The zero-order valence-corrected chi connectivity index (χ0v) is 16.4. The van der Waals surface area contributed by atoms with Gasteiger partial charge in [-0.3, -0.25) is 9.69 Å². The number of nitrogens with one attached hydrogen (secondary N) is 1. The second kappa shape index (κ2) is 8.52. The fraction of sp³-hybridized carbons (Fsp3) is 0.316. The highest BCUT2D eigenvalue weighted by atomic mass is 32.2. The van der Waals surface area contributed by atoms with Gasteiger partial charge in [0.05, 0.1) is 6.04 Å². The lowest BCUT2D eigenvalue weighted by atomic mass is 10.2. The Morgan fingerprint density at radius 1 is 0.966 bits per heavy atom. The molecule has 2 aromatic rings. The van der Waals surface area contributed by atoms with E-state index in [2.05, 4.69) is 5.32 Å². The second-order valence-corrected chi connectivity index (χ2v) is 8.57. The van der Waals surface area contributed by atoms with E-state index in [-0.39, 0.29) is 36.8 Å². The summed E-state index contributed by atoms with van der Waals surface area (Å²) in [6.45, 7) is 2.36. The van der Waals surface area contributed by atoms with Gasteiger partial charge < -0.3 is 5.32 Å². The molecule has 3 rings (SSSR count). The van der Waals surface area contributed by atoms with E-state index in [4.69, 9.17) is 0 Å². The Bertz CT molecular complexity index is 1010. The van der Waals surface area contributed by atoms with Crippen LogP contribution in [0.4, 0.5) is 18.9 Å². The van der Waals surface area contributed by atoms with Gasteiger partial charge in [0, 0.05) is 37.9 Å². The number of carbonyl (C=O) groups is 1. The first kappa shape index (κ1) is 21.3. The van der Waals surface area contributed by atoms with Crippen molar-refractivity contribution in [1.29, 1.82) is 0 Å². The average Bonchev–Trinajstić information content (AvgIpc) is 2.70. The molecule has 1 aliphatic heterocycles. The molecule has 1 unspecified atom stereocenters. The van der Waals surface area contributed by atoms with Gasteiger partial charge in [-0.15, -0.1) is 0 Å². The summed E-state index contributed by atoms with van der Waals surface area (Å²) in [6.07, 6.45) is 0. The number of halogens is 3. The van der Waals surface area contributed by atoms with E-state index in [1.165, 1.54) is 28.6 Å². The summed E-state index contributed by atoms with van der Waals surface area (Å²) in [6, 6.07) is 7.61. The van der Waals surface area contributed by atoms with E-state index in [1.807, 2.05) is 0 Å². The minimum atomic E-state index is -3.97. The molecular weight excluding hydrogens is 407 g/mol. The standard InChI is InChI=1S/C19H20F3N3O3S/c1-13(19(26)23-14-6-7-15(20)17(22)12-14)24-8-10-25(11-9-24)29(27,28)18-5-3-2-4-16(18)21/h2-7,12-13H,8-11H2,1H3,(H,23,26). The van der Waals surface area contributed by atoms with E-state index in [0.717, 1.165) is 18.2 Å². The van der Waals surface area contributed by atoms with Gasteiger partial charge in [-0.05, 0) is 31.2 Å². The van der Waals surface area contributed by atoms with Crippen LogP contribution in [0.1, 0.15) is 6.92 Å². The highest BCUT2D eigenvalue weighted by molar-refractivity contribution is 7.89. The van der Waals surface area contributed by atoms with Crippen molar-refractivity contribution in [3.8, 4) is 0 Å². The zero-order chi connectivity index (χ0) is 21.2. The Hall–Kier alpha value is -2.43. The molecule has 0 saturated carbocycles. The number of anilines is 1. The van der Waals surface area contributed by atoms with E-state index < -0.39 is 39.4 Å². The van der Waals surface area contributed by atoms with Crippen LogP contribution >= 0.6 is 0 Å². The van der Waals surface area contributed by atoms with Gasteiger partial charge in [-0.2, -0.15) is 4.31 Å². The molecule has 1 N–H and O–H groups in total. The first-order chi connectivity index (χ1) is 13.7. The van der Waals surface area contributed by atoms with E-state index in [0.29, 0.717) is 0 Å². The Labute approximate surface area is 167 Å². The lowest BCUT2D eigenvalue weighted by Gasteiger charge is -2.36. The summed E-state index contributed by atoms with van der Waals surface area (Å²) in [5.41, 5.74) is 0.126. The van der Waals surface area contributed by atoms with Crippen LogP contribution in [0.3, 0.4) is 0 Å². The molecular formula is C19H20F3N3O3S. The Morgan fingerprint density at radius 2 is 1.62 bits per heavy atom. The largest absolute Gasteiger partial charge is 0.325 e. The average molecular weight is 427 g/mol. The number of hydrogen-bond acceptors (Lipinski definition) is 4. The number of carbonyl (C=O) groups excluding carboxylic acids is 1. The lowest BCUT2D eigenvalue weighted by Crippen LogP contribution is -2.54. The number of hydrogen-bond donors (Lipinski definition) is 1. The van der Waals surface area contributed by atoms with E-state index in [9.17, 15) is 26.4 Å². The quantitative estimate of drug-likeness (QED) is 0.796. The SMILES string of the molecule is CC(C(=O)Nc1ccc(F)c(F)c1)N1CCN(S(=O)(=O)c2ccccc2F)CC1. The van der Waals surface area contributed by atoms with Crippen molar-refractivity contribution in [2.24, 2.45) is 0 Å². The van der Waals surface area contributed by atoms with Crippen LogP contribution in [0, 0.1) is 17.5 Å². The summed E-state index contributed by atoms with van der Waals surface area (Å²) in [4.78, 5) is 13.8. The minimum Gasteiger partial charge on any atom is -0.325 e. The molecule has 1 atom stereocenters. The van der Waals surface area contributed by atoms with Crippen molar-refractivity contribution in [3.63, 3.8) is 0 Å². The maximum Gasteiger partial charge on any atom is 0.246 e. The molecule has 0 aliphatic carbocycles. The summed E-state index contributed by atoms with van der Waals surface area (Å²) < 4.78 is 66.6. The molecule has 29 heavy (non-hydrogen) atoms. The molecule has 0 bridgehead atoms. The van der Waals surface area contributed by atoms with E-state index >= 15 is 0 Å². The lowest BCUT2D eigenvalue weighted by molar-refractivity contribution is -0.121. The van der Waals surface area contributed by atoms with Crippen LogP contribution < -0.4 is 5.32 Å². The summed E-state index contributed by atoms with van der Waals surface area (Å²) >= 11 is 0. The predicted molar refractivity (Wildman–Crippen MR) is 101 cm³/mol. The number of piperazine rings is 1. The summed E-state index contributed by atoms with van der Waals surface area (Å²) in [5.74, 6) is -3.32. The van der Waals surface area contributed by atoms with Crippen LogP contribution in [-0.2, 0) is 14.8 Å². The van der Waals surface area contributed by atoms with Gasteiger partial charge in [-0.25, -0.2) is 21.6 Å². The maximum absolute atomic E-state index is 13.9. The van der Waals surface area contributed by atoms with Gasteiger partial charge >= 0.3 is 0 Å². The second-order valence-electron chi connectivity index (χ2n) is 6.66. The molecule has 1 amide bonds. The Balaban J connectivity index is 1.61. The molecule has 2 aromatic carbocycles. The van der Waals surface area contributed by atoms with E-state index in [1.54, 1.807) is 11.8 Å². The number of sulfonamides is 1. The molecule has 0 radical (unpaired) electrons. The van der Waals surface area contributed by atoms with Gasteiger partial charge in [0.1, 0.15) is 10.7 Å². The zero-order valence-electron chi connectivity index (χ0n) is 15.6. The number of rotatable bonds is 5. The molecule has 1 saturated heterocycles. The van der Waals surface area contributed by atoms with Crippen LogP contribution in [0.5, 0.6) is 0 Å². The predicted octanol–water partition coefficient (Wildman–Crippen LogP) is 2.44. The fourth-order valence-electron chi connectivity index (χ4n) is 3.11. The third kappa shape index (κ3) is 4.60. The molecule has 10 heteroatoms. The third-order valence-corrected chi connectivity index (χ3v) is 6.77. The summed E-state index contributed by atoms with van der Waals surface area (Å²) in [7, 11) is -3.97. The van der Waals surface area contributed by atoms with Crippen molar-refractivity contribution in [2.45, 2.75) is 17.9 Å². The van der Waals surface area contributed by atoms with Gasteiger partial charge in [0.25, 0.3) is 0 Å². The molecule has 1 aliphatic rings. The van der Waals surface area contributed by atoms with Crippen LogP contribution in [0.2, 0.25) is 0 Å². The number of amides is 1. The number of benzene rings is 2. The van der Waals surface area contributed by atoms with Gasteiger partial charge in [0.15, 0.2) is 11.6 Å². The monoisotopic (exact) mass is 427 g/mol. The van der Waals surface area contributed by atoms with Crippen molar-refractivity contribution in [1.82, 2.24) is 9.21 Å². The molecule has 1 heterocycles. The smallest absolute Gasteiger partial charge is 0.246 e. The molecule has 0 spiro atoms. The van der Waals surface area contributed by atoms with Crippen molar-refractivity contribution in [3.05, 3.63) is 59.9 Å². The molecule has 0 aromatic heterocycles. The van der Waals surface area contributed by atoms with Gasteiger partial charge in [0.2, 0.25) is 15.9 Å².